The van der Waals surface area contributed by atoms with E-state index in [1.807, 2.05) is 12.1 Å². The van der Waals surface area contributed by atoms with Gasteiger partial charge in [0.15, 0.2) is 0 Å². The molecule has 0 saturated heterocycles. The maximum absolute atomic E-state index is 12.6. The Kier molecular flexibility index (Phi) is 4.67. The minimum Gasteiger partial charge on any atom is -0.462 e. The molecule has 0 aliphatic rings. The molecule has 3 aromatic rings. The van der Waals surface area contributed by atoms with Gasteiger partial charge in [-0.3, -0.25) is 9.71 Å². The Morgan fingerprint density at radius 2 is 1.80 bits per heavy atom. The highest BCUT2D eigenvalue weighted by molar-refractivity contribution is 7.92. The largest absolute Gasteiger partial charge is 0.462 e. The van der Waals surface area contributed by atoms with Crippen molar-refractivity contribution >= 4 is 32.6 Å². The number of nitrogens with one attached hydrogen (secondary N) is 1. The summed E-state index contributed by atoms with van der Waals surface area (Å²) < 4.78 is 32.6. The summed E-state index contributed by atoms with van der Waals surface area (Å²) >= 11 is 0. The van der Waals surface area contributed by atoms with Crippen LogP contribution in [0.3, 0.4) is 0 Å². The summed E-state index contributed by atoms with van der Waals surface area (Å²) in [7, 11) is -3.80. The van der Waals surface area contributed by atoms with E-state index in [0.717, 1.165) is 5.39 Å². The van der Waals surface area contributed by atoms with Crippen LogP contribution in [0.4, 0.5) is 5.69 Å². The summed E-state index contributed by atoms with van der Waals surface area (Å²) in [6.07, 6.45) is 1.61. The molecule has 0 atom stereocenters. The van der Waals surface area contributed by atoms with Crippen molar-refractivity contribution in [3.63, 3.8) is 0 Å². The lowest BCUT2D eigenvalue weighted by Crippen LogP contribution is -2.14. The van der Waals surface area contributed by atoms with Crippen LogP contribution < -0.4 is 4.72 Å². The van der Waals surface area contributed by atoms with Crippen LogP contribution >= 0.6 is 0 Å². The van der Waals surface area contributed by atoms with Crippen molar-refractivity contribution in [1.29, 1.82) is 0 Å². The van der Waals surface area contributed by atoms with Gasteiger partial charge < -0.3 is 4.74 Å². The van der Waals surface area contributed by atoms with E-state index in [1.165, 1.54) is 24.3 Å². The normalized spacial score (nSPS) is 11.2. The fourth-order valence-corrected chi connectivity index (χ4v) is 3.44. The van der Waals surface area contributed by atoms with Gasteiger partial charge in [-0.15, -0.1) is 0 Å². The van der Waals surface area contributed by atoms with Crippen molar-refractivity contribution in [3.8, 4) is 0 Å². The van der Waals surface area contributed by atoms with E-state index in [9.17, 15) is 13.2 Å². The van der Waals surface area contributed by atoms with Crippen LogP contribution in [0.2, 0.25) is 0 Å². The lowest BCUT2D eigenvalue weighted by molar-refractivity contribution is 0.0526. The first-order valence-corrected chi connectivity index (χ1v) is 9.13. The van der Waals surface area contributed by atoms with Crippen LogP contribution in [0, 0.1) is 0 Å². The summed E-state index contributed by atoms with van der Waals surface area (Å²) in [6.45, 7) is 1.97. The highest BCUT2D eigenvalue weighted by atomic mass is 32.2. The van der Waals surface area contributed by atoms with Gasteiger partial charge in [0.05, 0.1) is 28.3 Å². The maximum atomic E-state index is 12.6. The van der Waals surface area contributed by atoms with Crippen LogP contribution in [0.25, 0.3) is 10.9 Å². The lowest BCUT2D eigenvalue weighted by Gasteiger charge is -2.10. The molecule has 0 fully saturated rings. The maximum Gasteiger partial charge on any atom is 0.338 e. The third-order valence-corrected chi connectivity index (χ3v) is 4.93. The number of carbonyl (C=O) groups excluding carboxylic acids is 1. The first kappa shape index (κ1) is 16.9. The Hall–Kier alpha value is -2.93. The minimum absolute atomic E-state index is 0.0495. The van der Waals surface area contributed by atoms with Crippen LogP contribution in [-0.2, 0) is 14.8 Å². The zero-order chi connectivity index (χ0) is 17.9. The van der Waals surface area contributed by atoms with Gasteiger partial charge >= 0.3 is 5.97 Å². The van der Waals surface area contributed by atoms with E-state index in [1.54, 1.807) is 31.3 Å². The summed E-state index contributed by atoms with van der Waals surface area (Å²) in [5.41, 5.74) is 1.26. The fourth-order valence-electron chi connectivity index (χ4n) is 2.37. The molecule has 6 nitrogen and oxygen atoms in total. The van der Waals surface area contributed by atoms with E-state index in [4.69, 9.17) is 4.74 Å². The molecule has 0 spiro atoms. The number of anilines is 1. The number of rotatable bonds is 5. The van der Waals surface area contributed by atoms with E-state index < -0.39 is 16.0 Å². The Bertz CT molecular complexity index is 1010. The van der Waals surface area contributed by atoms with Gasteiger partial charge in [-0.05, 0) is 43.3 Å². The van der Waals surface area contributed by atoms with Gasteiger partial charge in [0, 0.05) is 11.6 Å². The number of carbonyl (C=O) groups is 1. The molecule has 1 heterocycles. The third kappa shape index (κ3) is 3.61. The van der Waals surface area contributed by atoms with E-state index >= 15 is 0 Å². The number of aromatic nitrogens is 1. The average molecular weight is 356 g/mol. The van der Waals surface area contributed by atoms with Crippen LogP contribution in [-0.4, -0.2) is 26.0 Å². The SMILES string of the molecule is CCOC(=O)c1ccc(S(=O)(=O)Nc2cccc3cccnc23)cc1. The smallest absolute Gasteiger partial charge is 0.338 e. The van der Waals surface area contributed by atoms with Crippen molar-refractivity contribution in [2.45, 2.75) is 11.8 Å². The molecule has 7 heteroatoms. The van der Waals surface area contributed by atoms with Gasteiger partial charge in [0.25, 0.3) is 10.0 Å². The molecule has 128 valence electrons. The number of para-hydroxylation sites is 1. The first-order chi connectivity index (χ1) is 12.0. The Balaban J connectivity index is 1.90. The summed E-state index contributed by atoms with van der Waals surface area (Å²) in [5, 5.41) is 0.834. The molecule has 1 aromatic heterocycles. The molecule has 25 heavy (non-hydrogen) atoms. The van der Waals surface area contributed by atoms with Crippen molar-refractivity contribution in [2.75, 3.05) is 11.3 Å². The number of ether oxygens (including phenoxy) is 1. The zero-order valence-electron chi connectivity index (χ0n) is 13.5. The molecular formula is C18H16N2O4S. The molecule has 0 saturated carbocycles. The standard InChI is InChI=1S/C18H16N2O4S/c1-2-24-18(21)14-8-10-15(11-9-14)25(22,23)20-16-7-3-5-13-6-4-12-19-17(13)16/h3-12,20H,2H2,1H3. The van der Waals surface area contributed by atoms with E-state index in [0.29, 0.717) is 16.8 Å². The second kappa shape index (κ2) is 6.90. The van der Waals surface area contributed by atoms with Crippen LogP contribution in [0.5, 0.6) is 0 Å². The highest BCUT2D eigenvalue weighted by Crippen LogP contribution is 2.24. The highest BCUT2D eigenvalue weighted by Gasteiger charge is 2.17. The average Bonchev–Trinajstić information content (AvgIpc) is 2.62. The number of benzene rings is 2. The van der Waals surface area contributed by atoms with E-state index in [2.05, 4.69) is 9.71 Å². The number of nitrogens with zero attached hydrogens (tertiary/aromatic N) is 1. The topological polar surface area (TPSA) is 85.4 Å². The molecule has 0 aliphatic carbocycles. The van der Waals surface area contributed by atoms with Crippen LogP contribution in [0.1, 0.15) is 17.3 Å². The minimum atomic E-state index is -3.80. The molecule has 0 bridgehead atoms. The zero-order valence-corrected chi connectivity index (χ0v) is 14.3. The fraction of sp³-hybridized carbons (Fsp3) is 0.111. The molecule has 0 radical (unpaired) electrons. The Labute approximate surface area is 145 Å². The number of hydrogen-bond acceptors (Lipinski definition) is 5. The van der Waals surface area contributed by atoms with Gasteiger partial charge in [-0.1, -0.05) is 18.2 Å². The van der Waals surface area contributed by atoms with Crippen LogP contribution in [0.15, 0.2) is 65.7 Å². The quantitative estimate of drug-likeness (QED) is 0.710. The summed E-state index contributed by atoms with van der Waals surface area (Å²) in [5.74, 6) is -0.488. The summed E-state index contributed by atoms with van der Waals surface area (Å²) in [4.78, 5) is 15.9. The second-order valence-corrected chi connectivity index (χ2v) is 6.91. The molecular weight excluding hydrogens is 340 g/mol. The molecule has 0 unspecified atom stereocenters. The van der Waals surface area contributed by atoms with E-state index in [-0.39, 0.29) is 11.5 Å². The number of pyridine rings is 1. The monoisotopic (exact) mass is 356 g/mol. The molecule has 3 rings (SSSR count). The Morgan fingerprint density at radius 1 is 1.08 bits per heavy atom. The Morgan fingerprint density at radius 3 is 2.52 bits per heavy atom. The van der Waals surface area contributed by atoms with Crippen molar-refractivity contribution in [3.05, 3.63) is 66.4 Å². The number of fused-ring (bicyclic) bond motifs is 1. The molecule has 2 aromatic carbocycles. The first-order valence-electron chi connectivity index (χ1n) is 7.65. The van der Waals surface area contributed by atoms with Crippen molar-refractivity contribution in [1.82, 2.24) is 4.98 Å². The number of esters is 1. The lowest BCUT2D eigenvalue weighted by atomic mass is 10.2. The number of hydrogen-bond donors (Lipinski definition) is 1. The predicted molar refractivity (Wildman–Crippen MR) is 95.0 cm³/mol. The van der Waals surface area contributed by atoms with Crippen molar-refractivity contribution in [2.24, 2.45) is 0 Å². The van der Waals surface area contributed by atoms with Gasteiger partial charge in [0.1, 0.15) is 0 Å². The molecule has 0 amide bonds. The predicted octanol–water partition coefficient (Wildman–Crippen LogP) is 3.21. The van der Waals surface area contributed by atoms with Crippen molar-refractivity contribution < 1.29 is 17.9 Å². The van der Waals surface area contributed by atoms with Gasteiger partial charge in [-0.25, -0.2) is 13.2 Å². The molecule has 1 N–H and O–H groups in total. The van der Waals surface area contributed by atoms with Gasteiger partial charge in [-0.2, -0.15) is 0 Å². The number of sulfonamides is 1. The third-order valence-electron chi connectivity index (χ3n) is 3.55. The molecule has 0 aliphatic heterocycles. The summed E-state index contributed by atoms with van der Waals surface area (Å²) in [6, 6.07) is 14.5. The second-order valence-electron chi connectivity index (χ2n) is 5.23. The van der Waals surface area contributed by atoms with Gasteiger partial charge in [0.2, 0.25) is 0 Å².